The van der Waals surface area contributed by atoms with Crippen molar-refractivity contribution >= 4 is 64.9 Å². The number of benzene rings is 1. The van der Waals surface area contributed by atoms with Crippen molar-refractivity contribution in [2.24, 2.45) is 0 Å². The Labute approximate surface area is 170 Å². The smallest absolute Gasteiger partial charge is 0.166 e. The van der Waals surface area contributed by atoms with Crippen molar-refractivity contribution in [2.45, 2.75) is 36.8 Å². The summed E-state index contributed by atoms with van der Waals surface area (Å²) in [6.07, 6.45) is 0.449. The largest absolute Gasteiger partial charge is 0.393 e. The Bertz CT molecular complexity index is 677. The van der Waals surface area contributed by atoms with E-state index in [1.165, 1.54) is 0 Å². The molecule has 3 N–H and O–H groups in total. The molecule has 0 radical (unpaired) electrons. The van der Waals surface area contributed by atoms with Crippen molar-refractivity contribution in [1.29, 1.82) is 0 Å². The zero-order chi connectivity index (χ0) is 16.4. The summed E-state index contributed by atoms with van der Waals surface area (Å²) in [7, 11) is 0. The van der Waals surface area contributed by atoms with Gasteiger partial charge in [-0.2, -0.15) is 0 Å². The normalized spacial score (nSPS) is 16.9. The van der Waals surface area contributed by atoms with E-state index in [2.05, 4.69) is 33.2 Å². The number of anilines is 1. The minimum atomic E-state index is -0.296. The number of aromatic amines is 1. The predicted octanol–water partition coefficient (Wildman–Crippen LogP) is 3.72. The molecular formula is C16H25Cl3N4OS. The number of imidazole rings is 1. The number of hydrogen-bond acceptors (Lipinski definition) is 5. The Morgan fingerprint density at radius 1 is 1.28 bits per heavy atom. The number of nitrogens with one attached hydrogen (secondary N) is 2. The minimum absolute atomic E-state index is 0. The van der Waals surface area contributed by atoms with E-state index < -0.39 is 0 Å². The first kappa shape index (κ1) is 22.7. The van der Waals surface area contributed by atoms with Gasteiger partial charge in [-0.3, -0.25) is 0 Å². The van der Waals surface area contributed by atoms with Gasteiger partial charge in [0.2, 0.25) is 0 Å². The molecule has 1 aromatic carbocycles. The maximum Gasteiger partial charge on any atom is 0.166 e. The van der Waals surface area contributed by atoms with E-state index in [4.69, 9.17) is 11.6 Å². The van der Waals surface area contributed by atoms with Crippen LogP contribution in [0.1, 0.15) is 20.3 Å². The highest BCUT2D eigenvalue weighted by Crippen LogP contribution is 2.32. The van der Waals surface area contributed by atoms with Crippen LogP contribution in [0.25, 0.3) is 11.0 Å². The first-order valence-electron chi connectivity index (χ1n) is 8.02. The lowest BCUT2D eigenvalue weighted by molar-refractivity contribution is 0.185. The number of nitrogens with zero attached hydrogens (tertiary/aromatic N) is 2. The molecule has 0 bridgehead atoms. The van der Waals surface area contributed by atoms with Crippen molar-refractivity contribution < 1.29 is 5.11 Å². The SMILES string of the molecule is C[C@H](O)C[C@@H](C)Sc1nc2cc(Cl)c(N3CCNCC3)cc2[nH]1.Cl.Cl. The van der Waals surface area contributed by atoms with Crippen LogP contribution in [0.5, 0.6) is 0 Å². The second-order valence-corrected chi connectivity index (χ2v) is 7.95. The van der Waals surface area contributed by atoms with Gasteiger partial charge in [-0.25, -0.2) is 4.98 Å². The molecule has 142 valence electrons. The fourth-order valence-electron chi connectivity index (χ4n) is 2.92. The summed E-state index contributed by atoms with van der Waals surface area (Å²) in [6.45, 7) is 7.81. The van der Waals surface area contributed by atoms with Gasteiger partial charge in [0.05, 0.1) is 27.8 Å². The van der Waals surface area contributed by atoms with Crippen LogP contribution in [0, 0.1) is 0 Å². The average molecular weight is 428 g/mol. The van der Waals surface area contributed by atoms with Crippen LogP contribution in [0.15, 0.2) is 17.3 Å². The molecule has 2 heterocycles. The van der Waals surface area contributed by atoms with E-state index in [0.29, 0.717) is 5.25 Å². The van der Waals surface area contributed by atoms with Gasteiger partial charge in [0.1, 0.15) is 0 Å². The zero-order valence-electron chi connectivity index (χ0n) is 14.3. The number of hydrogen-bond donors (Lipinski definition) is 3. The van der Waals surface area contributed by atoms with Crippen molar-refractivity contribution in [3.05, 3.63) is 17.2 Å². The molecule has 1 aliphatic heterocycles. The van der Waals surface area contributed by atoms with E-state index in [0.717, 1.165) is 59.5 Å². The van der Waals surface area contributed by atoms with Gasteiger partial charge in [0, 0.05) is 31.4 Å². The maximum absolute atomic E-state index is 9.49. The summed E-state index contributed by atoms with van der Waals surface area (Å²) < 4.78 is 0. The minimum Gasteiger partial charge on any atom is -0.393 e. The Hall–Kier alpha value is -0.370. The van der Waals surface area contributed by atoms with Crippen LogP contribution in [0.2, 0.25) is 5.02 Å². The number of halogens is 3. The van der Waals surface area contributed by atoms with E-state index in [9.17, 15) is 5.11 Å². The molecule has 0 aliphatic carbocycles. The number of fused-ring (bicyclic) bond motifs is 1. The van der Waals surface area contributed by atoms with Crippen molar-refractivity contribution in [3.8, 4) is 0 Å². The van der Waals surface area contributed by atoms with Gasteiger partial charge < -0.3 is 20.3 Å². The summed E-state index contributed by atoms with van der Waals surface area (Å²) >= 11 is 8.12. The van der Waals surface area contributed by atoms with Crippen LogP contribution in [-0.2, 0) is 0 Å². The molecule has 1 aliphatic rings. The zero-order valence-corrected chi connectivity index (χ0v) is 17.5. The highest BCUT2D eigenvalue weighted by Gasteiger charge is 2.17. The van der Waals surface area contributed by atoms with Crippen LogP contribution in [-0.4, -0.2) is 52.6 Å². The summed E-state index contributed by atoms with van der Waals surface area (Å²) in [6, 6.07) is 4.04. The highest BCUT2D eigenvalue weighted by molar-refractivity contribution is 7.99. The summed E-state index contributed by atoms with van der Waals surface area (Å²) in [5, 5.41) is 14.8. The van der Waals surface area contributed by atoms with Crippen LogP contribution < -0.4 is 10.2 Å². The molecule has 0 unspecified atom stereocenters. The van der Waals surface area contributed by atoms with Gasteiger partial charge in [-0.05, 0) is 25.5 Å². The Balaban J connectivity index is 0.00000156. The van der Waals surface area contributed by atoms with Crippen LogP contribution in [0.3, 0.4) is 0 Å². The number of piperazine rings is 1. The summed E-state index contributed by atoms with van der Waals surface area (Å²) in [5.41, 5.74) is 2.97. The molecule has 9 heteroatoms. The molecular weight excluding hydrogens is 403 g/mol. The molecule has 0 amide bonds. The van der Waals surface area contributed by atoms with Crippen LogP contribution in [0.4, 0.5) is 5.69 Å². The first-order chi connectivity index (χ1) is 11.0. The Kier molecular flexibility index (Phi) is 9.15. The third-order valence-corrected chi connectivity index (χ3v) is 5.29. The topological polar surface area (TPSA) is 64.2 Å². The number of thioether (sulfide) groups is 1. The molecule has 0 spiro atoms. The van der Waals surface area contributed by atoms with Gasteiger partial charge in [-0.15, -0.1) is 24.8 Å². The summed E-state index contributed by atoms with van der Waals surface area (Å²) in [5.74, 6) is 0. The van der Waals surface area contributed by atoms with Gasteiger partial charge in [-0.1, -0.05) is 30.3 Å². The van der Waals surface area contributed by atoms with Gasteiger partial charge in [0.15, 0.2) is 5.16 Å². The highest BCUT2D eigenvalue weighted by atomic mass is 35.5. The molecule has 1 saturated heterocycles. The molecule has 3 rings (SSSR count). The molecule has 2 atom stereocenters. The van der Waals surface area contributed by atoms with E-state index in [-0.39, 0.29) is 30.9 Å². The average Bonchev–Trinajstić information content (AvgIpc) is 2.87. The number of aliphatic hydroxyl groups is 1. The molecule has 1 aromatic heterocycles. The van der Waals surface area contributed by atoms with E-state index in [1.807, 2.05) is 13.0 Å². The summed E-state index contributed by atoms with van der Waals surface area (Å²) in [4.78, 5) is 10.3. The molecule has 1 fully saturated rings. The molecule has 5 nitrogen and oxygen atoms in total. The van der Waals surface area contributed by atoms with Crippen molar-refractivity contribution in [2.75, 3.05) is 31.1 Å². The van der Waals surface area contributed by atoms with E-state index >= 15 is 0 Å². The maximum atomic E-state index is 9.49. The second-order valence-electron chi connectivity index (χ2n) is 6.11. The molecule has 25 heavy (non-hydrogen) atoms. The van der Waals surface area contributed by atoms with Gasteiger partial charge >= 0.3 is 0 Å². The number of aliphatic hydroxyl groups excluding tert-OH is 1. The van der Waals surface area contributed by atoms with Crippen molar-refractivity contribution in [1.82, 2.24) is 15.3 Å². The lowest BCUT2D eigenvalue weighted by atomic mass is 10.2. The monoisotopic (exact) mass is 426 g/mol. The number of rotatable bonds is 5. The molecule has 2 aromatic rings. The lowest BCUT2D eigenvalue weighted by Crippen LogP contribution is -2.43. The lowest BCUT2D eigenvalue weighted by Gasteiger charge is -2.30. The standard InChI is InChI=1S/C16H23ClN4OS.2ClH/c1-10(22)7-11(2)23-16-19-13-8-12(17)15(9-14(13)20-16)21-5-3-18-4-6-21;;/h8-11,18,22H,3-7H2,1-2H3,(H,19,20);2*1H/t10-,11+;;/m0../s1. The Morgan fingerprint density at radius 3 is 2.60 bits per heavy atom. The van der Waals surface area contributed by atoms with Crippen molar-refractivity contribution in [3.63, 3.8) is 0 Å². The predicted molar refractivity (Wildman–Crippen MR) is 112 cm³/mol. The number of aromatic nitrogens is 2. The fraction of sp³-hybridized carbons (Fsp3) is 0.562. The fourth-order valence-corrected chi connectivity index (χ4v) is 4.27. The number of H-pyrrole nitrogens is 1. The first-order valence-corrected chi connectivity index (χ1v) is 9.28. The van der Waals surface area contributed by atoms with Gasteiger partial charge in [0.25, 0.3) is 0 Å². The van der Waals surface area contributed by atoms with Crippen LogP contribution >= 0.6 is 48.2 Å². The second kappa shape index (κ2) is 10.1. The van der Waals surface area contributed by atoms with E-state index in [1.54, 1.807) is 11.8 Å². The Morgan fingerprint density at radius 2 is 1.96 bits per heavy atom. The molecule has 0 saturated carbocycles. The third-order valence-electron chi connectivity index (χ3n) is 3.97. The quantitative estimate of drug-likeness (QED) is 0.635. The third kappa shape index (κ3) is 5.81.